The molecule has 1 aromatic heterocycles. The summed E-state index contributed by atoms with van der Waals surface area (Å²) >= 11 is 0. The maximum Gasteiger partial charge on any atom is 0.315 e. The van der Waals surface area contributed by atoms with Gasteiger partial charge in [-0.2, -0.15) is 0 Å². The van der Waals surface area contributed by atoms with Crippen LogP contribution >= 0.6 is 0 Å². The largest absolute Gasteiger partial charge is 0.481 e. The van der Waals surface area contributed by atoms with Crippen molar-refractivity contribution >= 4 is 11.7 Å². The second-order valence-corrected chi connectivity index (χ2v) is 6.21. The molecule has 132 valence electrons. The normalized spacial score (nSPS) is 16.5. The van der Waals surface area contributed by atoms with Crippen LogP contribution in [0.1, 0.15) is 12.0 Å². The van der Waals surface area contributed by atoms with Crippen LogP contribution < -0.4 is 20.3 Å². The van der Waals surface area contributed by atoms with Gasteiger partial charge in [-0.1, -0.05) is 24.3 Å². The van der Waals surface area contributed by atoms with Crippen LogP contribution in [0, 0.1) is 5.92 Å². The first kappa shape index (κ1) is 17.1. The van der Waals surface area contributed by atoms with Crippen molar-refractivity contribution in [1.29, 1.82) is 0 Å². The maximum absolute atomic E-state index is 12.0. The minimum absolute atomic E-state index is 0.144. The van der Waals surface area contributed by atoms with Gasteiger partial charge >= 0.3 is 6.03 Å². The molecular weight excluding hydrogens is 316 g/mol. The Kier molecular flexibility index (Phi) is 5.72. The van der Waals surface area contributed by atoms with E-state index >= 15 is 0 Å². The Balaban J connectivity index is 1.38. The number of carbonyl (C=O) groups is 1. The van der Waals surface area contributed by atoms with Crippen molar-refractivity contribution in [2.45, 2.75) is 13.0 Å². The van der Waals surface area contributed by atoms with Crippen LogP contribution in [-0.2, 0) is 6.54 Å². The number of nitrogens with one attached hydrogen (secondary N) is 2. The Morgan fingerprint density at radius 2 is 2.08 bits per heavy atom. The van der Waals surface area contributed by atoms with E-state index in [-0.39, 0.29) is 6.03 Å². The van der Waals surface area contributed by atoms with Crippen LogP contribution in [0.2, 0.25) is 0 Å². The minimum Gasteiger partial charge on any atom is -0.481 e. The molecule has 1 saturated heterocycles. The van der Waals surface area contributed by atoms with Crippen molar-refractivity contribution in [3.05, 3.63) is 54.2 Å². The van der Waals surface area contributed by atoms with Crippen LogP contribution in [0.4, 0.5) is 10.5 Å². The number of methoxy groups -OCH3 is 1. The molecule has 2 N–H and O–H groups in total. The monoisotopic (exact) mass is 340 g/mol. The molecule has 6 heteroatoms. The average molecular weight is 340 g/mol. The molecule has 1 aliphatic rings. The topological polar surface area (TPSA) is 66.5 Å². The standard InChI is InChI=1S/C19H24N4O2/c1-25-18-8-7-15(11-20-18)12-21-19(24)22-13-16-9-10-23(14-16)17-5-3-2-4-6-17/h2-8,11,16H,9-10,12-14H2,1H3,(H2,21,22,24)/t16-/m1/s1. The molecule has 2 aromatic rings. The highest BCUT2D eigenvalue weighted by Crippen LogP contribution is 2.22. The number of aromatic nitrogens is 1. The fraction of sp³-hybridized carbons (Fsp3) is 0.368. The van der Waals surface area contributed by atoms with E-state index in [0.717, 1.165) is 25.1 Å². The Labute approximate surface area is 148 Å². The number of nitrogens with zero attached hydrogens (tertiary/aromatic N) is 2. The number of hydrogen-bond donors (Lipinski definition) is 2. The van der Waals surface area contributed by atoms with Gasteiger partial charge in [0.15, 0.2) is 0 Å². The number of carbonyl (C=O) groups excluding carboxylic acids is 1. The summed E-state index contributed by atoms with van der Waals surface area (Å²) in [6.07, 6.45) is 2.80. The lowest BCUT2D eigenvalue weighted by atomic mass is 10.1. The quantitative estimate of drug-likeness (QED) is 0.847. The van der Waals surface area contributed by atoms with Crippen LogP contribution in [0.3, 0.4) is 0 Å². The van der Waals surface area contributed by atoms with E-state index < -0.39 is 0 Å². The lowest BCUT2D eigenvalue weighted by molar-refractivity contribution is 0.239. The minimum atomic E-state index is -0.144. The number of anilines is 1. The van der Waals surface area contributed by atoms with Gasteiger partial charge in [0.1, 0.15) is 0 Å². The highest BCUT2D eigenvalue weighted by molar-refractivity contribution is 5.73. The van der Waals surface area contributed by atoms with Gasteiger partial charge in [0, 0.05) is 44.1 Å². The summed E-state index contributed by atoms with van der Waals surface area (Å²) in [5.74, 6) is 1.05. The zero-order valence-electron chi connectivity index (χ0n) is 14.4. The molecule has 0 spiro atoms. The molecule has 2 amide bonds. The summed E-state index contributed by atoms with van der Waals surface area (Å²) < 4.78 is 5.02. The van der Waals surface area contributed by atoms with Gasteiger partial charge in [-0.3, -0.25) is 0 Å². The van der Waals surface area contributed by atoms with E-state index in [1.54, 1.807) is 19.4 Å². The fourth-order valence-electron chi connectivity index (χ4n) is 2.99. The van der Waals surface area contributed by atoms with Crippen LogP contribution in [0.15, 0.2) is 48.7 Å². The number of pyridine rings is 1. The summed E-state index contributed by atoms with van der Waals surface area (Å²) in [7, 11) is 1.58. The predicted octanol–water partition coefficient (Wildman–Crippen LogP) is 2.42. The predicted molar refractivity (Wildman–Crippen MR) is 97.8 cm³/mol. The van der Waals surface area contributed by atoms with Crippen molar-refractivity contribution in [1.82, 2.24) is 15.6 Å². The van der Waals surface area contributed by atoms with Gasteiger partial charge in [0.2, 0.25) is 5.88 Å². The van der Waals surface area contributed by atoms with E-state index in [0.29, 0.717) is 24.9 Å². The molecule has 2 heterocycles. The van der Waals surface area contributed by atoms with Crippen molar-refractivity contribution in [3.8, 4) is 5.88 Å². The lowest BCUT2D eigenvalue weighted by Gasteiger charge is -2.18. The fourth-order valence-corrected chi connectivity index (χ4v) is 2.99. The molecule has 1 aliphatic heterocycles. The molecule has 0 saturated carbocycles. The van der Waals surface area contributed by atoms with Crippen LogP contribution in [0.5, 0.6) is 5.88 Å². The van der Waals surface area contributed by atoms with Gasteiger partial charge < -0.3 is 20.3 Å². The molecule has 0 bridgehead atoms. The number of hydrogen-bond acceptors (Lipinski definition) is 4. The van der Waals surface area contributed by atoms with Gasteiger partial charge in [-0.15, -0.1) is 0 Å². The highest BCUT2D eigenvalue weighted by Gasteiger charge is 2.22. The molecule has 1 fully saturated rings. The first-order valence-electron chi connectivity index (χ1n) is 8.55. The zero-order chi connectivity index (χ0) is 17.5. The molecule has 25 heavy (non-hydrogen) atoms. The highest BCUT2D eigenvalue weighted by atomic mass is 16.5. The second-order valence-electron chi connectivity index (χ2n) is 6.21. The van der Waals surface area contributed by atoms with E-state index in [4.69, 9.17) is 4.74 Å². The first-order valence-corrected chi connectivity index (χ1v) is 8.55. The second kappa shape index (κ2) is 8.37. The van der Waals surface area contributed by atoms with Gasteiger partial charge in [-0.25, -0.2) is 9.78 Å². The van der Waals surface area contributed by atoms with E-state index in [2.05, 4.69) is 44.8 Å². The zero-order valence-corrected chi connectivity index (χ0v) is 14.4. The number of para-hydroxylation sites is 1. The third-order valence-corrected chi connectivity index (χ3v) is 4.42. The summed E-state index contributed by atoms with van der Waals surface area (Å²) in [5.41, 5.74) is 2.19. The van der Waals surface area contributed by atoms with Crippen molar-refractivity contribution < 1.29 is 9.53 Å². The van der Waals surface area contributed by atoms with E-state index in [9.17, 15) is 4.79 Å². The molecule has 1 aromatic carbocycles. The molecule has 0 radical (unpaired) electrons. The van der Waals surface area contributed by atoms with Crippen LogP contribution in [-0.4, -0.2) is 37.8 Å². The molecular formula is C19H24N4O2. The molecule has 3 rings (SSSR count). The SMILES string of the molecule is COc1ccc(CNC(=O)NC[C@H]2CCN(c3ccccc3)C2)cn1. The van der Waals surface area contributed by atoms with Crippen molar-refractivity contribution in [2.24, 2.45) is 5.92 Å². The molecule has 1 atom stereocenters. The number of amides is 2. The van der Waals surface area contributed by atoms with Crippen LogP contribution in [0.25, 0.3) is 0 Å². The van der Waals surface area contributed by atoms with Crippen molar-refractivity contribution in [3.63, 3.8) is 0 Å². The molecule has 6 nitrogen and oxygen atoms in total. The summed E-state index contributed by atoms with van der Waals surface area (Å²) in [5, 5.41) is 5.83. The Morgan fingerprint density at radius 3 is 2.80 bits per heavy atom. The smallest absolute Gasteiger partial charge is 0.315 e. The molecule has 0 aliphatic carbocycles. The lowest BCUT2D eigenvalue weighted by Crippen LogP contribution is -2.38. The summed E-state index contributed by atoms with van der Waals surface area (Å²) in [4.78, 5) is 18.5. The number of rotatable bonds is 6. The van der Waals surface area contributed by atoms with E-state index in [1.807, 2.05) is 12.1 Å². The number of ether oxygens (including phenoxy) is 1. The first-order chi connectivity index (χ1) is 12.2. The number of benzene rings is 1. The third-order valence-electron chi connectivity index (χ3n) is 4.42. The average Bonchev–Trinajstić information content (AvgIpc) is 3.15. The van der Waals surface area contributed by atoms with Gasteiger partial charge in [0.25, 0.3) is 0 Å². The Hall–Kier alpha value is -2.76. The van der Waals surface area contributed by atoms with E-state index in [1.165, 1.54) is 5.69 Å². The Bertz CT molecular complexity index is 676. The molecule has 0 unspecified atom stereocenters. The number of urea groups is 1. The summed E-state index contributed by atoms with van der Waals surface area (Å²) in [6, 6.07) is 13.9. The van der Waals surface area contributed by atoms with Crippen molar-refractivity contribution in [2.75, 3.05) is 31.6 Å². The van der Waals surface area contributed by atoms with Gasteiger partial charge in [-0.05, 0) is 30.0 Å². The Morgan fingerprint density at radius 1 is 1.24 bits per heavy atom. The van der Waals surface area contributed by atoms with Gasteiger partial charge in [0.05, 0.1) is 7.11 Å². The summed E-state index contributed by atoms with van der Waals surface area (Å²) in [6.45, 7) is 3.15. The maximum atomic E-state index is 12.0. The third kappa shape index (κ3) is 4.86.